The summed E-state index contributed by atoms with van der Waals surface area (Å²) in [5, 5.41) is 9.79. The molecule has 0 fully saturated rings. The Labute approximate surface area is 145 Å². The Balaban J connectivity index is 1.77. The third-order valence-electron chi connectivity index (χ3n) is 3.81. The van der Waals surface area contributed by atoms with E-state index in [0.29, 0.717) is 22.9 Å². The van der Waals surface area contributed by atoms with Crippen molar-refractivity contribution in [3.63, 3.8) is 0 Å². The Hall–Kier alpha value is -3.28. The average Bonchev–Trinajstić information content (AvgIpc) is 3.12. The van der Waals surface area contributed by atoms with Crippen LogP contribution in [0.3, 0.4) is 0 Å². The van der Waals surface area contributed by atoms with E-state index in [1.807, 2.05) is 31.2 Å². The van der Waals surface area contributed by atoms with E-state index in [1.54, 1.807) is 38.5 Å². The third-order valence-corrected chi connectivity index (χ3v) is 3.81. The molecule has 0 saturated heterocycles. The molecule has 2 aromatic carbocycles. The highest BCUT2D eigenvalue weighted by atomic mass is 16.5. The first-order chi connectivity index (χ1) is 12.1. The molecule has 1 heterocycles. The van der Waals surface area contributed by atoms with Crippen LogP contribution in [-0.2, 0) is 0 Å². The number of aromatic amines is 1. The second kappa shape index (κ2) is 7.09. The molecular weight excluding hydrogens is 318 g/mol. The second-order valence-corrected chi connectivity index (χ2v) is 5.56. The molecule has 0 spiro atoms. The smallest absolute Gasteiger partial charge is 0.273 e. The van der Waals surface area contributed by atoms with E-state index >= 15 is 0 Å². The molecule has 0 aliphatic heterocycles. The Morgan fingerprint density at radius 1 is 1.00 bits per heavy atom. The fraction of sp³-hybridized carbons (Fsp3) is 0.158. The molecule has 0 bridgehead atoms. The van der Waals surface area contributed by atoms with Crippen LogP contribution in [-0.4, -0.2) is 30.3 Å². The molecule has 3 rings (SSSR count). The predicted molar refractivity (Wildman–Crippen MR) is 96.3 cm³/mol. The zero-order chi connectivity index (χ0) is 17.8. The van der Waals surface area contributed by atoms with Crippen LogP contribution in [0, 0.1) is 6.92 Å². The number of methoxy groups -OCH3 is 2. The van der Waals surface area contributed by atoms with Crippen molar-refractivity contribution < 1.29 is 14.3 Å². The normalized spacial score (nSPS) is 10.4. The maximum atomic E-state index is 12.4. The highest BCUT2D eigenvalue weighted by molar-refractivity contribution is 6.03. The van der Waals surface area contributed by atoms with Gasteiger partial charge in [-0.2, -0.15) is 5.10 Å². The van der Waals surface area contributed by atoms with E-state index in [1.165, 1.54) is 5.56 Å². The number of aryl methyl sites for hydroxylation is 1. The maximum absolute atomic E-state index is 12.4. The van der Waals surface area contributed by atoms with Gasteiger partial charge in [0.05, 0.1) is 19.9 Å². The predicted octanol–water partition coefficient (Wildman–Crippen LogP) is 3.65. The molecule has 2 N–H and O–H groups in total. The topological polar surface area (TPSA) is 76.2 Å². The number of anilines is 1. The molecule has 6 nitrogen and oxygen atoms in total. The molecule has 128 valence electrons. The molecule has 0 radical (unpaired) electrons. The van der Waals surface area contributed by atoms with Gasteiger partial charge in [-0.1, -0.05) is 29.8 Å². The summed E-state index contributed by atoms with van der Waals surface area (Å²) in [6.45, 7) is 2.02. The van der Waals surface area contributed by atoms with Gasteiger partial charge in [-0.05, 0) is 25.1 Å². The van der Waals surface area contributed by atoms with Gasteiger partial charge in [-0.25, -0.2) is 0 Å². The Morgan fingerprint density at radius 3 is 2.40 bits per heavy atom. The lowest BCUT2D eigenvalue weighted by Gasteiger charge is -2.10. The van der Waals surface area contributed by atoms with Crippen molar-refractivity contribution in [1.82, 2.24) is 10.2 Å². The second-order valence-electron chi connectivity index (χ2n) is 5.56. The number of carbonyl (C=O) groups excluding carboxylic acids is 1. The number of ether oxygens (including phenoxy) is 2. The van der Waals surface area contributed by atoms with Gasteiger partial charge in [0.15, 0.2) is 11.5 Å². The summed E-state index contributed by atoms with van der Waals surface area (Å²) in [5.74, 6) is 0.868. The van der Waals surface area contributed by atoms with Crippen molar-refractivity contribution in [1.29, 1.82) is 0 Å². The largest absolute Gasteiger partial charge is 0.493 e. The van der Waals surface area contributed by atoms with Gasteiger partial charge in [-0.15, -0.1) is 0 Å². The first-order valence-corrected chi connectivity index (χ1v) is 7.76. The minimum atomic E-state index is -0.280. The zero-order valence-electron chi connectivity index (χ0n) is 14.3. The lowest BCUT2D eigenvalue weighted by molar-refractivity contribution is 0.102. The Kier molecular flexibility index (Phi) is 4.70. The monoisotopic (exact) mass is 337 g/mol. The van der Waals surface area contributed by atoms with Crippen LogP contribution in [0.2, 0.25) is 0 Å². The number of nitrogens with zero attached hydrogens (tertiary/aromatic N) is 1. The van der Waals surface area contributed by atoms with Crippen LogP contribution in [0.1, 0.15) is 16.1 Å². The molecule has 3 aromatic rings. The van der Waals surface area contributed by atoms with E-state index in [2.05, 4.69) is 15.5 Å². The Morgan fingerprint density at radius 2 is 1.72 bits per heavy atom. The molecule has 0 atom stereocenters. The van der Waals surface area contributed by atoms with Gasteiger partial charge in [0.25, 0.3) is 5.91 Å². The number of rotatable bonds is 5. The van der Waals surface area contributed by atoms with Crippen LogP contribution in [0.5, 0.6) is 11.5 Å². The third kappa shape index (κ3) is 3.63. The summed E-state index contributed by atoms with van der Waals surface area (Å²) in [4.78, 5) is 12.4. The van der Waals surface area contributed by atoms with Gasteiger partial charge in [0.1, 0.15) is 5.69 Å². The first-order valence-electron chi connectivity index (χ1n) is 7.76. The number of hydrogen-bond acceptors (Lipinski definition) is 4. The highest BCUT2D eigenvalue weighted by Crippen LogP contribution is 2.30. The molecular formula is C19H19N3O3. The maximum Gasteiger partial charge on any atom is 0.273 e. The molecule has 1 aromatic heterocycles. The summed E-state index contributed by atoms with van der Waals surface area (Å²) >= 11 is 0. The van der Waals surface area contributed by atoms with Crippen LogP contribution >= 0.6 is 0 Å². The number of amides is 1. The number of aromatic nitrogens is 2. The number of carbonyl (C=O) groups is 1. The van der Waals surface area contributed by atoms with Crippen molar-refractivity contribution in [2.45, 2.75) is 6.92 Å². The van der Waals surface area contributed by atoms with E-state index in [0.717, 1.165) is 11.3 Å². The molecule has 0 aliphatic rings. The standard InChI is InChI=1S/C19H19N3O3/c1-12-4-6-13(7-5-12)15-11-16(22-21-15)19(23)20-14-8-9-17(24-2)18(10-14)25-3/h4-11H,1-3H3,(H,20,23)(H,21,22). The number of benzene rings is 2. The van der Waals surface area contributed by atoms with Gasteiger partial charge in [0.2, 0.25) is 0 Å². The van der Waals surface area contributed by atoms with E-state index in [9.17, 15) is 4.79 Å². The van der Waals surface area contributed by atoms with Crippen LogP contribution in [0.15, 0.2) is 48.5 Å². The Bertz CT molecular complexity index is 885. The van der Waals surface area contributed by atoms with Gasteiger partial charge >= 0.3 is 0 Å². The summed E-state index contributed by atoms with van der Waals surface area (Å²) in [6.07, 6.45) is 0. The average molecular weight is 337 g/mol. The summed E-state index contributed by atoms with van der Waals surface area (Å²) in [7, 11) is 3.11. The molecule has 0 saturated carbocycles. The van der Waals surface area contributed by atoms with E-state index in [4.69, 9.17) is 9.47 Å². The van der Waals surface area contributed by atoms with Gasteiger partial charge in [-0.3, -0.25) is 9.89 Å². The summed E-state index contributed by atoms with van der Waals surface area (Å²) in [5.41, 5.74) is 3.83. The summed E-state index contributed by atoms with van der Waals surface area (Å²) in [6, 6.07) is 14.9. The number of H-pyrrole nitrogens is 1. The van der Waals surface area contributed by atoms with Gasteiger partial charge < -0.3 is 14.8 Å². The molecule has 1 amide bonds. The van der Waals surface area contributed by atoms with Crippen molar-refractivity contribution >= 4 is 11.6 Å². The van der Waals surface area contributed by atoms with Gasteiger partial charge in [0, 0.05) is 17.3 Å². The fourth-order valence-electron chi connectivity index (χ4n) is 2.42. The van der Waals surface area contributed by atoms with Crippen molar-refractivity contribution in [2.75, 3.05) is 19.5 Å². The van der Waals surface area contributed by atoms with E-state index < -0.39 is 0 Å². The lowest BCUT2D eigenvalue weighted by Crippen LogP contribution is -2.12. The van der Waals surface area contributed by atoms with Crippen LogP contribution in [0.25, 0.3) is 11.3 Å². The van der Waals surface area contributed by atoms with Crippen LogP contribution < -0.4 is 14.8 Å². The lowest BCUT2D eigenvalue weighted by atomic mass is 10.1. The number of nitrogens with one attached hydrogen (secondary N) is 2. The first kappa shape index (κ1) is 16.6. The van der Waals surface area contributed by atoms with Crippen molar-refractivity contribution in [2.24, 2.45) is 0 Å². The molecule has 0 aliphatic carbocycles. The molecule has 25 heavy (non-hydrogen) atoms. The number of hydrogen-bond donors (Lipinski definition) is 2. The highest BCUT2D eigenvalue weighted by Gasteiger charge is 2.13. The SMILES string of the molecule is COc1ccc(NC(=O)c2cc(-c3ccc(C)cc3)n[nH]2)cc1OC. The van der Waals surface area contributed by atoms with E-state index in [-0.39, 0.29) is 5.91 Å². The minimum Gasteiger partial charge on any atom is -0.493 e. The fourth-order valence-corrected chi connectivity index (χ4v) is 2.42. The molecule has 0 unspecified atom stereocenters. The quantitative estimate of drug-likeness (QED) is 0.745. The van der Waals surface area contributed by atoms with Crippen molar-refractivity contribution in [3.8, 4) is 22.8 Å². The molecule has 6 heteroatoms. The van der Waals surface area contributed by atoms with Crippen LogP contribution in [0.4, 0.5) is 5.69 Å². The minimum absolute atomic E-state index is 0.280. The zero-order valence-corrected chi connectivity index (χ0v) is 14.3. The van der Waals surface area contributed by atoms with Crippen molar-refractivity contribution in [3.05, 3.63) is 59.8 Å². The summed E-state index contributed by atoms with van der Waals surface area (Å²) < 4.78 is 10.4.